The number of benzene rings is 2. The van der Waals surface area contributed by atoms with Crippen LogP contribution in [0.15, 0.2) is 63.8 Å². The highest BCUT2D eigenvalue weighted by atomic mass is 16.5. The molecule has 0 saturated heterocycles. The number of aryl methyl sites for hydroxylation is 1. The standard InChI is InChI=1S/C23H22O5/c1-3-27-21-6-4-5-17-15-18(23(25)28-22(17)21)10-12-19(24)11-7-16-8-13-20(26-2)14-9-16/h4-9,11,13-15H,3,10,12H2,1-2H3/b11-7-. The third-order valence-corrected chi connectivity index (χ3v) is 4.31. The molecule has 5 nitrogen and oxygen atoms in total. The fourth-order valence-electron chi connectivity index (χ4n) is 2.85. The summed E-state index contributed by atoms with van der Waals surface area (Å²) >= 11 is 0. The van der Waals surface area contributed by atoms with Crippen molar-refractivity contribution < 1.29 is 18.7 Å². The Bertz CT molecular complexity index is 1040. The average Bonchev–Trinajstić information content (AvgIpc) is 2.72. The number of allylic oxidation sites excluding steroid dienone is 1. The van der Waals surface area contributed by atoms with Crippen LogP contribution in [-0.2, 0) is 11.2 Å². The molecule has 0 saturated carbocycles. The van der Waals surface area contributed by atoms with Crippen LogP contribution in [0, 0.1) is 0 Å². The lowest BCUT2D eigenvalue weighted by atomic mass is 10.1. The topological polar surface area (TPSA) is 65.7 Å². The van der Waals surface area contributed by atoms with Crippen molar-refractivity contribution in [2.75, 3.05) is 13.7 Å². The Hall–Kier alpha value is -3.34. The van der Waals surface area contributed by atoms with Crippen LogP contribution in [0.25, 0.3) is 17.0 Å². The van der Waals surface area contributed by atoms with Crippen molar-refractivity contribution in [1.29, 1.82) is 0 Å². The zero-order chi connectivity index (χ0) is 19.9. The number of carbonyl (C=O) groups is 1. The van der Waals surface area contributed by atoms with Crippen LogP contribution in [-0.4, -0.2) is 19.5 Å². The maximum atomic E-state index is 12.3. The Morgan fingerprint density at radius 3 is 2.64 bits per heavy atom. The van der Waals surface area contributed by atoms with Crippen LogP contribution >= 0.6 is 0 Å². The molecule has 0 amide bonds. The molecule has 0 atom stereocenters. The van der Waals surface area contributed by atoms with Crippen LogP contribution in [0.4, 0.5) is 0 Å². The van der Waals surface area contributed by atoms with Gasteiger partial charge in [0.1, 0.15) is 5.75 Å². The average molecular weight is 378 g/mol. The van der Waals surface area contributed by atoms with E-state index in [1.165, 1.54) is 6.08 Å². The molecule has 0 aliphatic heterocycles. The largest absolute Gasteiger partial charge is 0.497 e. The van der Waals surface area contributed by atoms with Gasteiger partial charge in [0.2, 0.25) is 0 Å². The summed E-state index contributed by atoms with van der Waals surface area (Å²) in [5, 5.41) is 0.779. The Kier molecular flexibility index (Phi) is 6.27. The highest BCUT2D eigenvalue weighted by Gasteiger charge is 2.10. The van der Waals surface area contributed by atoms with Gasteiger partial charge in [0.05, 0.1) is 13.7 Å². The van der Waals surface area contributed by atoms with Crippen molar-refractivity contribution in [2.24, 2.45) is 0 Å². The first kappa shape index (κ1) is 19.4. The van der Waals surface area contributed by atoms with Crippen molar-refractivity contribution in [3.05, 3.63) is 76.2 Å². The van der Waals surface area contributed by atoms with Gasteiger partial charge in [-0.15, -0.1) is 0 Å². The molecule has 0 aliphatic carbocycles. The van der Waals surface area contributed by atoms with E-state index < -0.39 is 5.63 Å². The number of carbonyl (C=O) groups excluding carboxylic acids is 1. The molecule has 1 aromatic heterocycles. The second-order valence-corrected chi connectivity index (χ2v) is 6.24. The Balaban J connectivity index is 1.68. The second kappa shape index (κ2) is 9.04. The minimum absolute atomic E-state index is 0.0571. The van der Waals surface area contributed by atoms with E-state index in [9.17, 15) is 9.59 Å². The van der Waals surface area contributed by atoms with Crippen LogP contribution in [0.5, 0.6) is 11.5 Å². The summed E-state index contributed by atoms with van der Waals surface area (Å²) in [6, 6.07) is 14.6. The fourth-order valence-corrected chi connectivity index (χ4v) is 2.85. The predicted octanol–water partition coefficient (Wildman–Crippen LogP) is 4.42. The molecule has 0 bridgehead atoms. The first-order valence-electron chi connectivity index (χ1n) is 9.14. The molecule has 3 aromatic rings. The molecule has 0 spiro atoms. The summed E-state index contributed by atoms with van der Waals surface area (Å²) in [6.07, 6.45) is 3.83. The van der Waals surface area contributed by atoms with Gasteiger partial charge in [-0.25, -0.2) is 4.79 Å². The number of hydrogen-bond acceptors (Lipinski definition) is 5. The first-order chi connectivity index (χ1) is 13.6. The lowest BCUT2D eigenvalue weighted by molar-refractivity contribution is -0.114. The van der Waals surface area contributed by atoms with Crippen molar-refractivity contribution in [2.45, 2.75) is 19.8 Å². The summed E-state index contributed by atoms with van der Waals surface area (Å²) in [6.45, 7) is 2.36. The van der Waals surface area contributed by atoms with Crippen molar-refractivity contribution in [3.63, 3.8) is 0 Å². The van der Waals surface area contributed by atoms with Gasteiger partial charge in [-0.3, -0.25) is 4.79 Å². The normalized spacial score (nSPS) is 11.1. The van der Waals surface area contributed by atoms with E-state index in [0.717, 1.165) is 16.7 Å². The lowest BCUT2D eigenvalue weighted by Crippen LogP contribution is -2.09. The smallest absolute Gasteiger partial charge is 0.339 e. The van der Waals surface area contributed by atoms with Gasteiger partial charge in [0.15, 0.2) is 17.1 Å². The molecule has 0 N–H and O–H groups in total. The van der Waals surface area contributed by atoms with E-state index in [1.54, 1.807) is 25.3 Å². The van der Waals surface area contributed by atoms with E-state index in [1.807, 2.05) is 43.3 Å². The number of hydrogen-bond donors (Lipinski definition) is 0. The van der Waals surface area contributed by atoms with Crippen LogP contribution in [0.1, 0.15) is 24.5 Å². The number of para-hydroxylation sites is 1. The molecule has 3 rings (SSSR count). The lowest BCUT2D eigenvalue weighted by Gasteiger charge is -2.07. The van der Waals surface area contributed by atoms with Gasteiger partial charge >= 0.3 is 5.63 Å². The third-order valence-electron chi connectivity index (χ3n) is 4.31. The quantitative estimate of drug-likeness (QED) is 0.429. The van der Waals surface area contributed by atoms with Crippen molar-refractivity contribution >= 4 is 22.8 Å². The Morgan fingerprint density at radius 1 is 1.14 bits per heavy atom. The summed E-state index contributed by atoms with van der Waals surface area (Å²) in [7, 11) is 1.61. The zero-order valence-electron chi connectivity index (χ0n) is 15.9. The van der Waals surface area contributed by atoms with Gasteiger partial charge in [-0.1, -0.05) is 30.3 Å². The first-order valence-corrected chi connectivity index (χ1v) is 9.14. The number of rotatable bonds is 8. The predicted molar refractivity (Wildman–Crippen MR) is 109 cm³/mol. The number of fused-ring (bicyclic) bond motifs is 1. The highest BCUT2D eigenvalue weighted by molar-refractivity contribution is 5.93. The summed E-state index contributed by atoms with van der Waals surface area (Å²) in [5.74, 6) is 1.25. The van der Waals surface area contributed by atoms with E-state index in [0.29, 0.717) is 29.9 Å². The summed E-state index contributed by atoms with van der Waals surface area (Å²) in [4.78, 5) is 24.4. The SMILES string of the molecule is CCOc1cccc2cc(CCC(=O)/C=C\c3ccc(OC)cc3)c(=O)oc12. The van der Waals surface area contributed by atoms with Crippen molar-refractivity contribution in [1.82, 2.24) is 0 Å². The molecular weight excluding hydrogens is 356 g/mol. The van der Waals surface area contributed by atoms with Gasteiger partial charge in [-0.2, -0.15) is 0 Å². The molecule has 0 unspecified atom stereocenters. The van der Waals surface area contributed by atoms with Gasteiger partial charge < -0.3 is 13.9 Å². The van der Waals surface area contributed by atoms with E-state index in [-0.39, 0.29) is 12.2 Å². The van der Waals surface area contributed by atoms with E-state index >= 15 is 0 Å². The highest BCUT2D eigenvalue weighted by Crippen LogP contribution is 2.25. The van der Waals surface area contributed by atoms with Crippen molar-refractivity contribution in [3.8, 4) is 11.5 Å². The maximum Gasteiger partial charge on any atom is 0.339 e. The minimum Gasteiger partial charge on any atom is -0.497 e. The molecule has 0 aliphatic rings. The molecule has 28 heavy (non-hydrogen) atoms. The summed E-state index contributed by atoms with van der Waals surface area (Å²) in [5.41, 5.74) is 1.38. The molecule has 5 heteroatoms. The summed E-state index contributed by atoms with van der Waals surface area (Å²) < 4.78 is 16.0. The minimum atomic E-state index is -0.438. The van der Waals surface area contributed by atoms with E-state index in [2.05, 4.69) is 0 Å². The molecular formula is C23H22O5. The molecule has 0 radical (unpaired) electrons. The molecule has 0 fully saturated rings. The number of ketones is 1. The van der Waals surface area contributed by atoms with Gasteiger partial charge in [-0.05, 0) is 49.2 Å². The van der Waals surface area contributed by atoms with E-state index in [4.69, 9.17) is 13.9 Å². The monoisotopic (exact) mass is 378 g/mol. The number of methoxy groups -OCH3 is 1. The number of ether oxygens (including phenoxy) is 2. The molecule has 2 aromatic carbocycles. The van der Waals surface area contributed by atoms with Crippen LogP contribution in [0.3, 0.4) is 0 Å². The molecule has 1 heterocycles. The maximum absolute atomic E-state index is 12.3. The third kappa shape index (κ3) is 4.68. The fraction of sp³-hybridized carbons (Fsp3) is 0.217. The zero-order valence-corrected chi connectivity index (χ0v) is 15.9. The van der Waals surface area contributed by atoms with Gasteiger partial charge in [0.25, 0.3) is 0 Å². The Morgan fingerprint density at radius 2 is 1.93 bits per heavy atom. The van der Waals surface area contributed by atoms with Crippen LogP contribution in [0.2, 0.25) is 0 Å². The Labute approximate surface area is 163 Å². The molecule has 144 valence electrons. The van der Waals surface area contributed by atoms with Crippen LogP contribution < -0.4 is 15.1 Å². The van der Waals surface area contributed by atoms with Gasteiger partial charge in [0, 0.05) is 17.4 Å². The second-order valence-electron chi connectivity index (χ2n) is 6.24.